The number of carboxylic acid groups (broad SMARTS) is 1. The van der Waals surface area contributed by atoms with Crippen LogP contribution in [0.15, 0.2) is 18.2 Å². The summed E-state index contributed by atoms with van der Waals surface area (Å²) in [6, 6.07) is 4.76. The van der Waals surface area contributed by atoms with E-state index in [1.54, 1.807) is 0 Å². The molecule has 104 valence electrons. The molecule has 0 aliphatic rings. The van der Waals surface area contributed by atoms with E-state index in [0.717, 1.165) is 11.3 Å². The molecule has 0 fully saturated rings. The first-order valence-corrected chi connectivity index (χ1v) is 6.99. The first-order chi connectivity index (χ1) is 8.90. The predicted molar refractivity (Wildman–Crippen MR) is 77.5 cm³/mol. The quantitative estimate of drug-likeness (QED) is 0.733. The molecule has 1 amide bonds. The number of benzene rings is 1. The number of aliphatic carboxylic acids is 1. The molecule has 0 aliphatic carbocycles. The van der Waals surface area contributed by atoms with Crippen LogP contribution in [0.1, 0.15) is 11.1 Å². The van der Waals surface area contributed by atoms with E-state index < -0.39 is 12.0 Å². The fourth-order valence-corrected chi connectivity index (χ4v) is 2.14. The largest absolute Gasteiger partial charge is 0.480 e. The van der Waals surface area contributed by atoms with Crippen LogP contribution in [0, 0.1) is 13.8 Å². The highest BCUT2D eigenvalue weighted by atomic mass is 32.2. The van der Waals surface area contributed by atoms with Gasteiger partial charge < -0.3 is 16.2 Å². The molecule has 0 spiro atoms. The molecule has 5 nitrogen and oxygen atoms in total. The molecule has 1 atom stereocenters. The van der Waals surface area contributed by atoms with Crippen LogP contribution in [-0.2, 0) is 9.59 Å². The molecule has 1 aromatic rings. The number of aryl methyl sites for hydroxylation is 2. The van der Waals surface area contributed by atoms with Gasteiger partial charge in [-0.15, -0.1) is 11.8 Å². The number of carbonyl (C=O) groups excluding carboxylic acids is 1. The zero-order valence-corrected chi connectivity index (χ0v) is 11.8. The predicted octanol–water partition coefficient (Wildman–Crippen LogP) is 1.39. The van der Waals surface area contributed by atoms with Crippen molar-refractivity contribution in [1.29, 1.82) is 0 Å². The Balaban J connectivity index is 2.39. The average Bonchev–Trinajstić information content (AvgIpc) is 2.33. The molecule has 0 saturated heterocycles. The lowest BCUT2D eigenvalue weighted by Gasteiger charge is -2.08. The van der Waals surface area contributed by atoms with Crippen molar-refractivity contribution >= 4 is 29.3 Å². The lowest BCUT2D eigenvalue weighted by molar-refractivity contribution is -0.137. The Morgan fingerprint density at radius 3 is 2.63 bits per heavy atom. The maximum Gasteiger partial charge on any atom is 0.321 e. The molecular formula is C13H18N2O3S. The third-order valence-corrected chi connectivity index (χ3v) is 3.70. The minimum absolute atomic E-state index is 0.161. The Labute approximate surface area is 116 Å². The summed E-state index contributed by atoms with van der Waals surface area (Å²) in [6.45, 7) is 3.98. The lowest BCUT2D eigenvalue weighted by atomic mass is 10.1. The molecule has 0 unspecified atom stereocenters. The molecular weight excluding hydrogens is 264 g/mol. The van der Waals surface area contributed by atoms with Crippen LogP contribution in [0.5, 0.6) is 0 Å². The molecule has 0 bridgehead atoms. The van der Waals surface area contributed by atoms with Gasteiger partial charge in [-0.05, 0) is 37.1 Å². The summed E-state index contributed by atoms with van der Waals surface area (Å²) < 4.78 is 0. The first kappa shape index (κ1) is 15.5. The highest BCUT2D eigenvalue weighted by molar-refractivity contribution is 8.00. The standard InChI is InChI=1S/C13H18N2O3S/c1-8-3-4-10(5-9(8)2)15-12(16)7-19-6-11(14)13(17)18/h3-5,11H,6-7,14H2,1-2H3,(H,15,16)(H,17,18)/t11-/m0/s1. The monoisotopic (exact) mass is 282 g/mol. The molecule has 0 saturated carbocycles. The molecule has 0 aliphatic heterocycles. The Morgan fingerprint density at radius 2 is 2.05 bits per heavy atom. The third kappa shape index (κ3) is 5.32. The smallest absolute Gasteiger partial charge is 0.321 e. The van der Waals surface area contributed by atoms with Gasteiger partial charge in [0.05, 0.1) is 5.75 Å². The van der Waals surface area contributed by atoms with E-state index >= 15 is 0 Å². The zero-order valence-electron chi connectivity index (χ0n) is 11.0. The van der Waals surface area contributed by atoms with Crippen molar-refractivity contribution in [3.8, 4) is 0 Å². The summed E-state index contributed by atoms with van der Waals surface area (Å²) in [4.78, 5) is 22.1. The number of hydrogen-bond donors (Lipinski definition) is 3. The number of thioether (sulfide) groups is 1. The van der Waals surface area contributed by atoms with Crippen molar-refractivity contribution in [2.45, 2.75) is 19.9 Å². The van der Waals surface area contributed by atoms with Crippen LogP contribution in [0.25, 0.3) is 0 Å². The van der Waals surface area contributed by atoms with E-state index in [1.165, 1.54) is 17.3 Å². The molecule has 0 radical (unpaired) electrons. The van der Waals surface area contributed by atoms with Crippen LogP contribution >= 0.6 is 11.8 Å². The van der Waals surface area contributed by atoms with Gasteiger partial charge in [0.15, 0.2) is 0 Å². The molecule has 4 N–H and O–H groups in total. The van der Waals surface area contributed by atoms with E-state index in [-0.39, 0.29) is 17.4 Å². The molecule has 1 aromatic carbocycles. The SMILES string of the molecule is Cc1ccc(NC(=O)CSC[C@H](N)C(=O)O)cc1C. The van der Waals surface area contributed by atoms with Gasteiger partial charge in [0.25, 0.3) is 0 Å². The van der Waals surface area contributed by atoms with Crippen molar-refractivity contribution in [2.75, 3.05) is 16.8 Å². The topological polar surface area (TPSA) is 92.4 Å². The second-order valence-electron chi connectivity index (χ2n) is 4.31. The maximum atomic E-state index is 11.6. The summed E-state index contributed by atoms with van der Waals surface area (Å²) in [5.41, 5.74) is 8.36. The van der Waals surface area contributed by atoms with Crippen molar-refractivity contribution in [3.63, 3.8) is 0 Å². The van der Waals surface area contributed by atoms with Gasteiger partial charge in [0.2, 0.25) is 5.91 Å². The van der Waals surface area contributed by atoms with E-state index in [4.69, 9.17) is 10.8 Å². The fourth-order valence-electron chi connectivity index (χ4n) is 1.37. The van der Waals surface area contributed by atoms with Gasteiger partial charge in [-0.1, -0.05) is 6.07 Å². The normalized spacial score (nSPS) is 11.9. The fraction of sp³-hybridized carbons (Fsp3) is 0.385. The van der Waals surface area contributed by atoms with Crippen LogP contribution in [0.3, 0.4) is 0 Å². The number of amides is 1. The van der Waals surface area contributed by atoms with Crippen molar-refractivity contribution < 1.29 is 14.7 Å². The third-order valence-electron chi connectivity index (χ3n) is 2.64. The highest BCUT2D eigenvalue weighted by Gasteiger charge is 2.12. The number of carbonyl (C=O) groups is 2. The minimum atomic E-state index is -1.05. The van der Waals surface area contributed by atoms with Crippen LogP contribution in [0.2, 0.25) is 0 Å². The van der Waals surface area contributed by atoms with Crippen LogP contribution in [-0.4, -0.2) is 34.5 Å². The second-order valence-corrected chi connectivity index (χ2v) is 5.34. The Bertz CT molecular complexity index is 477. The minimum Gasteiger partial charge on any atom is -0.480 e. The Morgan fingerprint density at radius 1 is 1.37 bits per heavy atom. The van der Waals surface area contributed by atoms with Gasteiger partial charge >= 0.3 is 5.97 Å². The first-order valence-electron chi connectivity index (χ1n) is 5.83. The van der Waals surface area contributed by atoms with Crippen molar-refractivity contribution in [2.24, 2.45) is 5.73 Å². The number of carboxylic acids is 1. The Kier molecular flexibility index (Phi) is 5.85. The molecule has 0 heterocycles. The van der Waals surface area contributed by atoms with E-state index in [9.17, 15) is 9.59 Å². The Hall–Kier alpha value is -1.53. The van der Waals surface area contributed by atoms with Gasteiger partial charge in [-0.3, -0.25) is 9.59 Å². The summed E-state index contributed by atoms with van der Waals surface area (Å²) in [6.07, 6.45) is 0. The number of hydrogen-bond acceptors (Lipinski definition) is 4. The van der Waals surface area contributed by atoms with Crippen molar-refractivity contribution in [1.82, 2.24) is 0 Å². The second kappa shape index (κ2) is 7.16. The van der Waals surface area contributed by atoms with Crippen molar-refractivity contribution in [3.05, 3.63) is 29.3 Å². The lowest BCUT2D eigenvalue weighted by Crippen LogP contribution is -2.33. The summed E-state index contributed by atoms with van der Waals surface area (Å²) in [5, 5.41) is 11.4. The molecule has 1 rings (SSSR count). The van der Waals surface area contributed by atoms with Gasteiger partial charge in [-0.25, -0.2) is 0 Å². The number of nitrogens with one attached hydrogen (secondary N) is 1. The number of anilines is 1. The van der Waals surface area contributed by atoms with Gasteiger partial charge in [0, 0.05) is 11.4 Å². The molecule has 0 aromatic heterocycles. The summed E-state index contributed by atoms with van der Waals surface area (Å²) in [5.74, 6) is -0.809. The van der Waals surface area contributed by atoms with Crippen LogP contribution in [0.4, 0.5) is 5.69 Å². The van der Waals surface area contributed by atoms with Gasteiger partial charge in [-0.2, -0.15) is 0 Å². The van der Waals surface area contributed by atoms with E-state index in [1.807, 2.05) is 32.0 Å². The van der Waals surface area contributed by atoms with Crippen LogP contribution < -0.4 is 11.1 Å². The average molecular weight is 282 g/mol. The van der Waals surface area contributed by atoms with E-state index in [0.29, 0.717) is 0 Å². The maximum absolute atomic E-state index is 11.6. The zero-order chi connectivity index (χ0) is 14.4. The van der Waals surface area contributed by atoms with Gasteiger partial charge in [0.1, 0.15) is 6.04 Å². The molecule has 6 heteroatoms. The van der Waals surface area contributed by atoms with E-state index in [2.05, 4.69) is 5.32 Å². The summed E-state index contributed by atoms with van der Waals surface area (Å²) >= 11 is 1.21. The highest BCUT2D eigenvalue weighted by Crippen LogP contribution is 2.14. The molecule has 19 heavy (non-hydrogen) atoms. The number of rotatable bonds is 6. The number of nitrogens with two attached hydrogens (primary N) is 1. The summed E-state index contributed by atoms with van der Waals surface area (Å²) in [7, 11) is 0.